The van der Waals surface area contributed by atoms with Crippen molar-refractivity contribution >= 4 is 5.91 Å². The number of carbonyl (C=O) groups excluding carboxylic acids is 1. The van der Waals surface area contributed by atoms with E-state index in [-0.39, 0.29) is 5.91 Å². The summed E-state index contributed by atoms with van der Waals surface area (Å²) in [4.78, 5) is 31.4. The first-order valence-electron chi connectivity index (χ1n) is 10.1. The average molecular weight is 426 g/mol. The van der Waals surface area contributed by atoms with Gasteiger partial charge < -0.3 is 9.57 Å². The quantitative estimate of drug-likeness (QED) is 0.447. The zero-order chi connectivity index (χ0) is 22.3. The van der Waals surface area contributed by atoms with Crippen LogP contribution in [0.4, 0.5) is 0 Å². The van der Waals surface area contributed by atoms with Gasteiger partial charge in [-0.1, -0.05) is 24.3 Å². The summed E-state index contributed by atoms with van der Waals surface area (Å²) in [5.41, 5.74) is 7.33. The number of amides is 1. The standard InChI is InChI=1S/C25H22N4O3/c1-17-23(19-10-12-26-13-11-19)28-16-21(14-18-8-9-22(31-2)27-15-18)24(17)32-29-25(30)20-6-4-3-5-7-20/h3-13,15-16H,14H2,1-2H3,(H,29,30). The van der Waals surface area contributed by atoms with Crippen LogP contribution >= 0.6 is 0 Å². The maximum absolute atomic E-state index is 12.5. The van der Waals surface area contributed by atoms with Gasteiger partial charge in [0.15, 0.2) is 5.75 Å². The van der Waals surface area contributed by atoms with Crippen molar-refractivity contribution < 1.29 is 14.4 Å². The minimum atomic E-state index is -0.329. The average Bonchev–Trinajstić information content (AvgIpc) is 2.85. The third-order valence-corrected chi connectivity index (χ3v) is 4.97. The number of methoxy groups -OCH3 is 1. The van der Waals surface area contributed by atoms with Crippen molar-refractivity contribution in [3.63, 3.8) is 0 Å². The number of hydroxylamine groups is 1. The molecule has 4 aromatic rings. The Morgan fingerprint density at radius 3 is 2.44 bits per heavy atom. The Hall–Kier alpha value is -4.26. The van der Waals surface area contributed by atoms with Gasteiger partial charge in [-0.2, -0.15) is 5.48 Å². The highest BCUT2D eigenvalue weighted by Gasteiger charge is 2.17. The molecule has 0 bridgehead atoms. The van der Waals surface area contributed by atoms with Crippen LogP contribution in [-0.4, -0.2) is 28.0 Å². The molecule has 1 aromatic carbocycles. The van der Waals surface area contributed by atoms with Gasteiger partial charge in [-0.3, -0.25) is 14.8 Å². The maximum atomic E-state index is 12.5. The Morgan fingerprint density at radius 2 is 1.75 bits per heavy atom. The third kappa shape index (κ3) is 4.73. The summed E-state index contributed by atoms with van der Waals surface area (Å²) in [6.45, 7) is 1.92. The molecule has 0 atom stereocenters. The molecule has 0 unspecified atom stereocenters. The second kappa shape index (κ2) is 9.70. The minimum absolute atomic E-state index is 0.329. The van der Waals surface area contributed by atoms with Gasteiger partial charge in [0, 0.05) is 59.5 Å². The van der Waals surface area contributed by atoms with Crippen molar-refractivity contribution in [3.8, 4) is 22.9 Å². The van der Waals surface area contributed by atoms with Crippen molar-refractivity contribution in [3.05, 3.63) is 102 Å². The van der Waals surface area contributed by atoms with E-state index in [0.29, 0.717) is 23.6 Å². The molecule has 1 amide bonds. The fourth-order valence-corrected chi connectivity index (χ4v) is 3.32. The minimum Gasteiger partial charge on any atom is -0.481 e. The molecule has 1 N–H and O–H groups in total. The lowest BCUT2D eigenvalue weighted by atomic mass is 10.0. The van der Waals surface area contributed by atoms with E-state index in [2.05, 4.69) is 20.4 Å². The maximum Gasteiger partial charge on any atom is 0.283 e. The molecule has 0 saturated carbocycles. The Labute approximate surface area is 186 Å². The summed E-state index contributed by atoms with van der Waals surface area (Å²) < 4.78 is 5.13. The smallest absolute Gasteiger partial charge is 0.283 e. The number of benzene rings is 1. The highest BCUT2D eigenvalue weighted by molar-refractivity contribution is 5.93. The third-order valence-electron chi connectivity index (χ3n) is 4.97. The van der Waals surface area contributed by atoms with Gasteiger partial charge in [0.2, 0.25) is 5.88 Å². The fourth-order valence-electron chi connectivity index (χ4n) is 3.32. The molecule has 0 aliphatic carbocycles. The van der Waals surface area contributed by atoms with E-state index in [1.807, 2.05) is 31.2 Å². The summed E-state index contributed by atoms with van der Waals surface area (Å²) in [6.07, 6.45) is 7.46. The fraction of sp³-hybridized carbons (Fsp3) is 0.120. The lowest BCUT2D eigenvalue weighted by Gasteiger charge is -2.16. The lowest BCUT2D eigenvalue weighted by molar-refractivity contribution is 0.0757. The van der Waals surface area contributed by atoms with Crippen molar-refractivity contribution in [2.24, 2.45) is 0 Å². The summed E-state index contributed by atoms with van der Waals surface area (Å²) in [5, 5.41) is 0. The van der Waals surface area contributed by atoms with Crippen LogP contribution < -0.4 is 15.1 Å². The molecule has 7 heteroatoms. The number of nitrogens with zero attached hydrogens (tertiary/aromatic N) is 3. The number of hydrogen-bond donors (Lipinski definition) is 1. The lowest BCUT2D eigenvalue weighted by Crippen LogP contribution is -2.28. The van der Waals surface area contributed by atoms with Crippen molar-refractivity contribution in [2.75, 3.05) is 7.11 Å². The Balaban J connectivity index is 1.66. The first-order chi connectivity index (χ1) is 15.7. The van der Waals surface area contributed by atoms with E-state index in [9.17, 15) is 4.79 Å². The number of carbonyl (C=O) groups is 1. The van der Waals surface area contributed by atoms with Gasteiger partial charge in [-0.25, -0.2) is 4.98 Å². The first-order valence-corrected chi connectivity index (χ1v) is 10.1. The van der Waals surface area contributed by atoms with Crippen molar-refractivity contribution in [1.82, 2.24) is 20.4 Å². The van der Waals surface area contributed by atoms with Gasteiger partial charge in [0.05, 0.1) is 12.8 Å². The second-order valence-electron chi connectivity index (χ2n) is 7.11. The van der Waals surface area contributed by atoms with E-state index in [4.69, 9.17) is 9.57 Å². The largest absolute Gasteiger partial charge is 0.481 e. The van der Waals surface area contributed by atoms with Crippen LogP contribution in [0.3, 0.4) is 0 Å². The molecular formula is C25H22N4O3. The number of rotatable bonds is 7. The summed E-state index contributed by atoms with van der Waals surface area (Å²) in [6, 6.07) is 16.4. The van der Waals surface area contributed by atoms with Crippen molar-refractivity contribution in [1.29, 1.82) is 0 Å². The van der Waals surface area contributed by atoms with E-state index in [1.165, 1.54) is 0 Å². The molecular weight excluding hydrogens is 404 g/mol. The summed E-state index contributed by atoms with van der Waals surface area (Å²) in [7, 11) is 1.58. The number of ether oxygens (including phenoxy) is 1. The summed E-state index contributed by atoms with van der Waals surface area (Å²) >= 11 is 0. The van der Waals surface area contributed by atoms with Crippen LogP contribution in [0, 0.1) is 6.92 Å². The van der Waals surface area contributed by atoms with E-state index < -0.39 is 0 Å². The van der Waals surface area contributed by atoms with Gasteiger partial charge >= 0.3 is 0 Å². The SMILES string of the molecule is COc1ccc(Cc2cnc(-c3ccncc3)c(C)c2ONC(=O)c2ccccc2)cn1. The molecule has 0 radical (unpaired) electrons. The number of nitrogens with one attached hydrogen (secondary N) is 1. The Morgan fingerprint density at radius 1 is 0.969 bits per heavy atom. The van der Waals surface area contributed by atoms with Crippen LogP contribution in [-0.2, 0) is 6.42 Å². The molecule has 7 nitrogen and oxygen atoms in total. The molecule has 3 heterocycles. The van der Waals surface area contributed by atoms with Crippen LogP contribution in [0.25, 0.3) is 11.3 Å². The second-order valence-corrected chi connectivity index (χ2v) is 7.11. The molecule has 0 aliphatic rings. The van der Waals surface area contributed by atoms with Gasteiger partial charge in [-0.15, -0.1) is 0 Å². The molecule has 4 rings (SSSR count). The molecule has 32 heavy (non-hydrogen) atoms. The van der Waals surface area contributed by atoms with E-state index >= 15 is 0 Å². The van der Waals surface area contributed by atoms with Crippen LogP contribution in [0.15, 0.2) is 79.4 Å². The predicted octanol–water partition coefficient (Wildman–Crippen LogP) is 4.17. The molecule has 3 aromatic heterocycles. The van der Waals surface area contributed by atoms with Gasteiger partial charge in [0.25, 0.3) is 5.91 Å². The number of aromatic nitrogens is 3. The van der Waals surface area contributed by atoms with E-state index in [1.54, 1.807) is 62.2 Å². The van der Waals surface area contributed by atoms with Gasteiger partial charge in [0.1, 0.15) is 0 Å². The normalized spacial score (nSPS) is 10.4. The van der Waals surface area contributed by atoms with Crippen LogP contribution in [0.2, 0.25) is 0 Å². The topological polar surface area (TPSA) is 86.2 Å². The molecule has 0 saturated heterocycles. The molecule has 0 aliphatic heterocycles. The van der Waals surface area contributed by atoms with Crippen LogP contribution in [0.5, 0.6) is 11.6 Å². The highest BCUT2D eigenvalue weighted by atomic mass is 16.7. The molecule has 0 spiro atoms. The first kappa shape index (κ1) is 21.0. The zero-order valence-corrected chi connectivity index (χ0v) is 17.8. The van der Waals surface area contributed by atoms with E-state index in [0.717, 1.165) is 27.9 Å². The summed E-state index contributed by atoms with van der Waals surface area (Å²) in [5.74, 6) is 0.763. The Bertz CT molecular complexity index is 1200. The van der Waals surface area contributed by atoms with Crippen LogP contribution in [0.1, 0.15) is 27.0 Å². The van der Waals surface area contributed by atoms with Crippen molar-refractivity contribution in [2.45, 2.75) is 13.3 Å². The monoisotopic (exact) mass is 426 g/mol. The zero-order valence-electron chi connectivity index (χ0n) is 17.8. The number of pyridine rings is 3. The Kier molecular flexibility index (Phi) is 6.36. The number of hydrogen-bond acceptors (Lipinski definition) is 6. The predicted molar refractivity (Wildman–Crippen MR) is 120 cm³/mol. The van der Waals surface area contributed by atoms with Gasteiger partial charge in [-0.05, 0) is 36.8 Å². The molecule has 160 valence electrons. The highest BCUT2D eigenvalue weighted by Crippen LogP contribution is 2.32. The molecule has 0 fully saturated rings.